The van der Waals surface area contributed by atoms with Crippen molar-refractivity contribution in [2.24, 2.45) is 0 Å². The number of amides is 2. The fraction of sp³-hybridized carbons (Fsp3) is 0.433. The number of benzene rings is 1. The number of pyridine rings is 1. The molecular weight excluding hydrogens is 556 g/mol. The SMILES string of the molecule is Cc1cc(OCC2(c3ccccc3)CC2)cn2nc(C(O)CN3CC4(CCN(c5cnc(Cl)cn5)CC4)NC3=O)nc12. The van der Waals surface area contributed by atoms with Crippen molar-refractivity contribution in [3.05, 3.63) is 77.1 Å². The Balaban J connectivity index is 0.989. The normalized spacial score (nSPS) is 19.7. The van der Waals surface area contributed by atoms with Crippen LogP contribution in [0.15, 0.2) is 55.0 Å². The number of fused-ring (bicyclic) bond motifs is 1. The fourth-order valence-corrected chi connectivity index (χ4v) is 6.27. The van der Waals surface area contributed by atoms with Gasteiger partial charge in [-0.3, -0.25) is 0 Å². The number of rotatable bonds is 8. The van der Waals surface area contributed by atoms with Crippen LogP contribution in [0.25, 0.3) is 5.65 Å². The smallest absolute Gasteiger partial charge is 0.318 e. The highest BCUT2D eigenvalue weighted by Crippen LogP contribution is 2.48. The van der Waals surface area contributed by atoms with Crippen molar-refractivity contribution in [3.8, 4) is 5.75 Å². The van der Waals surface area contributed by atoms with E-state index in [2.05, 4.69) is 54.5 Å². The summed E-state index contributed by atoms with van der Waals surface area (Å²) in [6.07, 6.45) is 7.74. The summed E-state index contributed by atoms with van der Waals surface area (Å²) in [5, 5.41) is 19.2. The van der Waals surface area contributed by atoms with Gasteiger partial charge < -0.3 is 25.0 Å². The maximum absolute atomic E-state index is 12.9. The van der Waals surface area contributed by atoms with Gasteiger partial charge in [0.2, 0.25) is 0 Å². The van der Waals surface area contributed by atoms with Gasteiger partial charge in [-0.1, -0.05) is 41.9 Å². The average molecular weight is 589 g/mol. The Bertz CT molecular complexity index is 1600. The minimum atomic E-state index is -1.02. The molecule has 11 nitrogen and oxygen atoms in total. The number of ether oxygens (including phenoxy) is 1. The van der Waals surface area contributed by atoms with Gasteiger partial charge in [-0.05, 0) is 49.8 Å². The third kappa shape index (κ3) is 5.11. The molecule has 0 radical (unpaired) electrons. The monoisotopic (exact) mass is 588 g/mol. The van der Waals surface area contributed by atoms with Gasteiger partial charge in [-0.15, -0.1) is 5.10 Å². The van der Waals surface area contributed by atoms with E-state index in [1.807, 2.05) is 25.3 Å². The Labute approximate surface area is 248 Å². The molecule has 1 aromatic carbocycles. The number of hydrogen-bond acceptors (Lipinski definition) is 8. The lowest BCUT2D eigenvalue weighted by Gasteiger charge is -2.39. The Morgan fingerprint density at radius 3 is 2.62 bits per heavy atom. The number of hydrogen-bond donors (Lipinski definition) is 2. The zero-order valence-electron chi connectivity index (χ0n) is 23.4. The van der Waals surface area contributed by atoms with E-state index in [0.717, 1.165) is 50.2 Å². The van der Waals surface area contributed by atoms with Crippen LogP contribution in [0.1, 0.15) is 48.7 Å². The molecule has 2 saturated heterocycles. The second-order valence-electron chi connectivity index (χ2n) is 11.8. The molecule has 1 spiro atoms. The number of nitrogens with one attached hydrogen (secondary N) is 1. The maximum atomic E-state index is 12.9. The summed E-state index contributed by atoms with van der Waals surface area (Å²) in [4.78, 5) is 29.8. The van der Waals surface area contributed by atoms with Crippen LogP contribution in [-0.2, 0) is 5.41 Å². The number of aliphatic hydroxyl groups excluding tert-OH is 1. The number of aromatic nitrogens is 5. The molecular formula is C30H33ClN8O3. The number of piperidine rings is 1. The van der Waals surface area contributed by atoms with Crippen LogP contribution in [0.5, 0.6) is 5.75 Å². The van der Waals surface area contributed by atoms with E-state index in [1.165, 1.54) is 5.56 Å². The minimum absolute atomic E-state index is 0.0715. The molecule has 7 rings (SSSR count). The predicted octanol–water partition coefficient (Wildman–Crippen LogP) is 3.69. The highest BCUT2D eigenvalue weighted by molar-refractivity contribution is 6.29. The second kappa shape index (κ2) is 10.4. The van der Waals surface area contributed by atoms with Crippen LogP contribution in [0.4, 0.5) is 10.6 Å². The Kier molecular flexibility index (Phi) is 6.66. The third-order valence-electron chi connectivity index (χ3n) is 8.86. The van der Waals surface area contributed by atoms with Gasteiger partial charge in [0.15, 0.2) is 11.5 Å². The van der Waals surface area contributed by atoms with Crippen molar-refractivity contribution < 1.29 is 14.6 Å². The topological polar surface area (TPSA) is 121 Å². The molecule has 2 N–H and O–H groups in total. The summed E-state index contributed by atoms with van der Waals surface area (Å²) in [6.45, 7) is 4.64. The lowest BCUT2D eigenvalue weighted by Crippen LogP contribution is -2.52. The zero-order chi connectivity index (χ0) is 28.9. The van der Waals surface area contributed by atoms with Crippen LogP contribution >= 0.6 is 11.6 Å². The molecule has 3 aliphatic rings. The molecule has 12 heteroatoms. The molecule has 42 heavy (non-hydrogen) atoms. The highest BCUT2D eigenvalue weighted by Gasteiger charge is 2.46. The maximum Gasteiger partial charge on any atom is 0.318 e. The molecule has 218 valence electrons. The molecule has 1 unspecified atom stereocenters. The Morgan fingerprint density at radius 2 is 1.90 bits per heavy atom. The number of urea groups is 1. The summed E-state index contributed by atoms with van der Waals surface area (Å²) in [5.74, 6) is 1.77. The molecule has 1 aliphatic carbocycles. The predicted molar refractivity (Wildman–Crippen MR) is 157 cm³/mol. The molecule has 2 aliphatic heterocycles. The molecule has 4 aromatic rings. The Morgan fingerprint density at radius 1 is 1.12 bits per heavy atom. The largest absolute Gasteiger partial charge is 0.491 e. The van der Waals surface area contributed by atoms with Crippen LogP contribution < -0.4 is 15.0 Å². The first kappa shape index (κ1) is 26.9. The molecule has 2 amide bonds. The first-order valence-electron chi connectivity index (χ1n) is 14.3. The van der Waals surface area contributed by atoms with Gasteiger partial charge in [-0.2, -0.15) is 0 Å². The zero-order valence-corrected chi connectivity index (χ0v) is 24.2. The highest BCUT2D eigenvalue weighted by atomic mass is 35.5. The third-order valence-corrected chi connectivity index (χ3v) is 9.05. The number of aryl methyl sites for hydroxylation is 1. The average Bonchev–Trinajstić information content (AvgIpc) is 3.57. The van der Waals surface area contributed by atoms with E-state index in [-0.39, 0.29) is 29.4 Å². The quantitative estimate of drug-likeness (QED) is 0.320. The summed E-state index contributed by atoms with van der Waals surface area (Å²) in [6, 6.07) is 12.3. The van der Waals surface area contributed by atoms with E-state index >= 15 is 0 Å². The number of β-amino-alcohol motifs (C(OH)–C–C–N with tert-alkyl or cyclic N) is 1. The summed E-state index contributed by atoms with van der Waals surface area (Å²) in [7, 11) is 0. The van der Waals surface area contributed by atoms with Crippen LogP contribution in [0.3, 0.4) is 0 Å². The van der Waals surface area contributed by atoms with Crippen LogP contribution in [0.2, 0.25) is 5.15 Å². The van der Waals surface area contributed by atoms with Crippen molar-refractivity contribution in [1.82, 2.24) is 34.8 Å². The summed E-state index contributed by atoms with van der Waals surface area (Å²) < 4.78 is 7.90. The van der Waals surface area contributed by atoms with Gasteiger partial charge in [0, 0.05) is 25.0 Å². The number of nitrogens with zero attached hydrogens (tertiary/aromatic N) is 7. The summed E-state index contributed by atoms with van der Waals surface area (Å²) in [5.41, 5.74) is 2.59. The van der Waals surface area contributed by atoms with Gasteiger partial charge in [-0.25, -0.2) is 24.3 Å². The fourth-order valence-electron chi connectivity index (χ4n) is 6.17. The van der Waals surface area contributed by atoms with E-state index in [4.69, 9.17) is 16.3 Å². The van der Waals surface area contributed by atoms with Crippen molar-refractivity contribution >= 4 is 29.1 Å². The molecule has 3 aromatic heterocycles. The lowest BCUT2D eigenvalue weighted by molar-refractivity contribution is 0.121. The standard InChI is InChI=1S/C30H33ClN8O3/c1-20-13-22(42-19-29(7-8-29)21-5-3-2-4-6-21)16-39-27(20)34-26(36-39)23(40)17-38-18-30(35-28(38)41)9-11-37(12-10-30)25-15-32-24(31)14-33-25/h2-6,13-16,23,40H,7-12,17-19H2,1H3,(H,35,41). The van der Waals surface area contributed by atoms with E-state index in [0.29, 0.717) is 29.7 Å². The molecule has 1 atom stereocenters. The lowest BCUT2D eigenvalue weighted by atomic mass is 9.88. The van der Waals surface area contributed by atoms with E-state index < -0.39 is 6.10 Å². The van der Waals surface area contributed by atoms with Crippen molar-refractivity contribution in [2.75, 3.05) is 37.7 Å². The van der Waals surface area contributed by atoms with E-state index in [1.54, 1.807) is 21.8 Å². The van der Waals surface area contributed by atoms with Gasteiger partial charge in [0.1, 0.15) is 22.8 Å². The Hall–Kier alpha value is -3.96. The number of halogens is 1. The van der Waals surface area contributed by atoms with Crippen molar-refractivity contribution in [3.63, 3.8) is 0 Å². The number of carbonyl (C=O) groups excluding carboxylic acids is 1. The van der Waals surface area contributed by atoms with E-state index in [9.17, 15) is 9.90 Å². The second-order valence-corrected chi connectivity index (χ2v) is 12.2. The van der Waals surface area contributed by atoms with Crippen LogP contribution in [0, 0.1) is 6.92 Å². The minimum Gasteiger partial charge on any atom is -0.491 e. The number of anilines is 1. The first-order valence-corrected chi connectivity index (χ1v) is 14.7. The molecule has 0 bridgehead atoms. The number of aliphatic hydroxyl groups is 1. The van der Waals surface area contributed by atoms with Crippen molar-refractivity contribution in [1.29, 1.82) is 0 Å². The number of carbonyl (C=O) groups is 1. The van der Waals surface area contributed by atoms with Gasteiger partial charge >= 0.3 is 6.03 Å². The first-order chi connectivity index (χ1) is 20.3. The van der Waals surface area contributed by atoms with Crippen molar-refractivity contribution in [2.45, 2.75) is 49.7 Å². The molecule has 3 fully saturated rings. The molecule has 5 heterocycles. The summed E-state index contributed by atoms with van der Waals surface area (Å²) >= 11 is 5.87. The molecule has 1 saturated carbocycles. The van der Waals surface area contributed by atoms with Gasteiger partial charge in [0.05, 0.1) is 37.3 Å². The van der Waals surface area contributed by atoms with Crippen LogP contribution in [-0.4, -0.2) is 78.9 Å². The van der Waals surface area contributed by atoms with Gasteiger partial charge in [0.25, 0.3) is 0 Å².